The number of anilines is 1. The summed E-state index contributed by atoms with van der Waals surface area (Å²) in [5.41, 5.74) is 3.16. The number of rotatable bonds is 4. The van der Waals surface area contributed by atoms with Crippen molar-refractivity contribution in [3.05, 3.63) is 94.3 Å². The first kappa shape index (κ1) is 20.4. The summed E-state index contributed by atoms with van der Waals surface area (Å²) in [7, 11) is -3.94. The third-order valence-corrected chi connectivity index (χ3v) is 6.67. The Bertz CT molecular complexity index is 1210. The molecule has 5 nitrogen and oxygen atoms in total. The van der Waals surface area contributed by atoms with Crippen LogP contribution in [0.3, 0.4) is 0 Å². The molecule has 0 bridgehead atoms. The first-order valence-electron chi connectivity index (χ1n) is 9.27. The van der Waals surface area contributed by atoms with Gasteiger partial charge < -0.3 is 4.90 Å². The van der Waals surface area contributed by atoms with E-state index in [0.717, 1.165) is 30.2 Å². The van der Waals surface area contributed by atoms with E-state index in [1.807, 2.05) is 18.2 Å². The van der Waals surface area contributed by atoms with Gasteiger partial charge >= 0.3 is 0 Å². The fourth-order valence-corrected chi connectivity index (χ4v) is 4.72. The zero-order chi connectivity index (χ0) is 21.3. The van der Waals surface area contributed by atoms with Crippen molar-refractivity contribution < 1.29 is 17.6 Å². The van der Waals surface area contributed by atoms with Crippen molar-refractivity contribution >= 4 is 33.2 Å². The van der Waals surface area contributed by atoms with Crippen molar-refractivity contribution in [2.75, 3.05) is 11.3 Å². The zero-order valence-electron chi connectivity index (χ0n) is 15.8. The summed E-state index contributed by atoms with van der Waals surface area (Å²) in [5.74, 6) is -0.803. The van der Waals surface area contributed by atoms with Crippen LogP contribution in [0.1, 0.15) is 21.5 Å². The average Bonchev–Trinajstić information content (AvgIpc) is 2.75. The molecule has 0 aliphatic carbocycles. The Hall–Kier alpha value is -2.90. The second kappa shape index (κ2) is 8.08. The molecule has 3 aromatic rings. The molecule has 1 aliphatic rings. The fourth-order valence-electron chi connectivity index (χ4n) is 3.39. The Balaban J connectivity index is 1.47. The number of amides is 1. The molecule has 1 amide bonds. The highest BCUT2D eigenvalue weighted by Crippen LogP contribution is 2.23. The van der Waals surface area contributed by atoms with E-state index in [1.54, 1.807) is 17.0 Å². The lowest BCUT2D eigenvalue weighted by atomic mass is 9.99. The average molecular weight is 445 g/mol. The van der Waals surface area contributed by atoms with Gasteiger partial charge in [0.1, 0.15) is 5.82 Å². The molecule has 1 aliphatic heterocycles. The maximum atomic E-state index is 13.3. The van der Waals surface area contributed by atoms with E-state index >= 15 is 0 Å². The molecule has 0 radical (unpaired) electrons. The molecule has 8 heteroatoms. The number of carbonyl (C=O) groups excluding carboxylic acids is 1. The van der Waals surface area contributed by atoms with Crippen molar-refractivity contribution in [2.24, 2.45) is 0 Å². The van der Waals surface area contributed by atoms with Gasteiger partial charge in [-0.05, 0) is 60.0 Å². The first-order valence-corrected chi connectivity index (χ1v) is 11.1. The molecule has 0 aromatic heterocycles. The number of benzene rings is 3. The minimum absolute atomic E-state index is 0.107. The molecule has 0 saturated carbocycles. The highest BCUT2D eigenvalue weighted by atomic mass is 35.5. The van der Waals surface area contributed by atoms with Crippen LogP contribution >= 0.6 is 11.6 Å². The standard InChI is InChI=1S/C22H18ClFN2O3S/c23-20-13-19(9-10-21(20)24)30(28,29)25-18-7-5-16(6-8-18)22(27)26-12-11-15-3-1-2-4-17(15)14-26/h1-10,13,25H,11-12,14H2. The smallest absolute Gasteiger partial charge is 0.261 e. The SMILES string of the molecule is O=C(c1ccc(NS(=O)(=O)c2ccc(F)c(Cl)c2)cc1)N1CCc2ccccc2C1. The molecule has 0 unspecified atom stereocenters. The Morgan fingerprint density at radius 1 is 1.00 bits per heavy atom. The molecule has 3 aromatic carbocycles. The summed E-state index contributed by atoms with van der Waals surface area (Å²) < 4.78 is 40.7. The first-order chi connectivity index (χ1) is 14.3. The van der Waals surface area contributed by atoms with Crippen LogP contribution in [0.15, 0.2) is 71.6 Å². The van der Waals surface area contributed by atoms with E-state index in [0.29, 0.717) is 18.7 Å². The third-order valence-electron chi connectivity index (χ3n) is 5.00. The Labute approximate surface area is 179 Å². The Morgan fingerprint density at radius 2 is 1.70 bits per heavy atom. The van der Waals surface area contributed by atoms with Crippen LogP contribution in [0.2, 0.25) is 5.02 Å². The lowest BCUT2D eigenvalue weighted by molar-refractivity contribution is 0.0734. The van der Waals surface area contributed by atoms with E-state index in [9.17, 15) is 17.6 Å². The predicted molar refractivity (Wildman–Crippen MR) is 114 cm³/mol. The van der Waals surface area contributed by atoms with Crippen molar-refractivity contribution in [3.63, 3.8) is 0 Å². The molecule has 0 atom stereocenters. The molecular weight excluding hydrogens is 427 g/mol. The molecule has 0 fully saturated rings. The highest BCUT2D eigenvalue weighted by Gasteiger charge is 2.22. The van der Waals surface area contributed by atoms with Gasteiger partial charge in [-0.2, -0.15) is 0 Å². The quantitative estimate of drug-likeness (QED) is 0.645. The highest BCUT2D eigenvalue weighted by molar-refractivity contribution is 7.92. The van der Waals surface area contributed by atoms with Crippen molar-refractivity contribution in [3.8, 4) is 0 Å². The molecule has 0 spiro atoms. The summed E-state index contributed by atoms with van der Waals surface area (Å²) >= 11 is 5.67. The van der Waals surface area contributed by atoms with Crippen molar-refractivity contribution in [1.82, 2.24) is 4.90 Å². The predicted octanol–water partition coefficient (Wildman–Crippen LogP) is 4.48. The monoisotopic (exact) mass is 444 g/mol. The Kier molecular flexibility index (Phi) is 5.49. The number of hydrogen-bond donors (Lipinski definition) is 1. The van der Waals surface area contributed by atoms with Crippen LogP contribution < -0.4 is 4.72 Å². The number of sulfonamides is 1. The van der Waals surface area contributed by atoms with Gasteiger partial charge in [-0.25, -0.2) is 12.8 Å². The van der Waals surface area contributed by atoms with Crippen molar-refractivity contribution in [1.29, 1.82) is 0 Å². The molecule has 1 N–H and O–H groups in total. The number of carbonyl (C=O) groups is 1. The van der Waals surface area contributed by atoms with Crippen LogP contribution in [0.25, 0.3) is 0 Å². The summed E-state index contributed by atoms with van der Waals surface area (Å²) in [6.45, 7) is 1.18. The summed E-state index contributed by atoms with van der Waals surface area (Å²) in [6.07, 6.45) is 0.806. The minimum Gasteiger partial charge on any atom is -0.334 e. The third kappa shape index (κ3) is 4.17. The van der Waals surface area contributed by atoms with Crippen molar-refractivity contribution in [2.45, 2.75) is 17.9 Å². The van der Waals surface area contributed by atoms with Gasteiger partial charge in [0.15, 0.2) is 0 Å². The van der Waals surface area contributed by atoms with Gasteiger partial charge in [0.25, 0.3) is 15.9 Å². The van der Waals surface area contributed by atoms with Gasteiger partial charge in [0.05, 0.1) is 9.92 Å². The van der Waals surface area contributed by atoms with Crippen LogP contribution in [0.5, 0.6) is 0 Å². The number of nitrogens with one attached hydrogen (secondary N) is 1. The van der Waals surface area contributed by atoms with Gasteiger partial charge in [-0.1, -0.05) is 35.9 Å². The number of nitrogens with zero attached hydrogens (tertiary/aromatic N) is 1. The van der Waals surface area contributed by atoms with Gasteiger partial charge in [-0.3, -0.25) is 9.52 Å². The van der Waals surface area contributed by atoms with Crippen LogP contribution in [0.4, 0.5) is 10.1 Å². The number of halogens is 2. The molecule has 30 heavy (non-hydrogen) atoms. The van der Waals surface area contributed by atoms with Gasteiger partial charge in [-0.15, -0.1) is 0 Å². The minimum atomic E-state index is -3.94. The second-order valence-corrected chi connectivity index (χ2v) is 9.09. The van der Waals surface area contributed by atoms with Gasteiger partial charge in [0, 0.05) is 24.3 Å². The summed E-state index contributed by atoms with van der Waals surface area (Å²) in [6, 6.07) is 17.4. The summed E-state index contributed by atoms with van der Waals surface area (Å²) in [4.78, 5) is 14.5. The van der Waals surface area contributed by atoms with Crippen LogP contribution in [0, 0.1) is 5.82 Å². The summed E-state index contributed by atoms with van der Waals surface area (Å²) in [5, 5.41) is -0.276. The maximum Gasteiger partial charge on any atom is 0.261 e. The largest absolute Gasteiger partial charge is 0.334 e. The van der Waals surface area contributed by atoms with Gasteiger partial charge in [0.2, 0.25) is 0 Å². The lowest BCUT2D eigenvalue weighted by Gasteiger charge is -2.29. The normalized spacial score (nSPS) is 13.6. The number of hydrogen-bond acceptors (Lipinski definition) is 3. The van der Waals surface area contributed by atoms with Crippen LogP contribution in [-0.2, 0) is 23.0 Å². The Morgan fingerprint density at radius 3 is 2.40 bits per heavy atom. The fraction of sp³-hybridized carbons (Fsp3) is 0.136. The zero-order valence-corrected chi connectivity index (χ0v) is 17.4. The lowest BCUT2D eigenvalue weighted by Crippen LogP contribution is -2.35. The molecule has 154 valence electrons. The molecule has 1 heterocycles. The second-order valence-electron chi connectivity index (χ2n) is 7.00. The van der Waals surface area contributed by atoms with Crippen LogP contribution in [-0.4, -0.2) is 25.8 Å². The number of fused-ring (bicyclic) bond motifs is 1. The van der Waals surface area contributed by atoms with E-state index in [4.69, 9.17) is 11.6 Å². The molecular formula is C22H18ClFN2O3S. The molecule has 4 rings (SSSR count). The maximum absolute atomic E-state index is 13.3. The van der Waals surface area contributed by atoms with E-state index in [-0.39, 0.29) is 21.5 Å². The van der Waals surface area contributed by atoms with E-state index in [1.165, 1.54) is 17.7 Å². The van der Waals surface area contributed by atoms with E-state index in [2.05, 4.69) is 10.8 Å². The topological polar surface area (TPSA) is 66.5 Å². The van der Waals surface area contributed by atoms with E-state index < -0.39 is 15.8 Å². The molecule has 0 saturated heterocycles.